The number of hydrogen-bond donors (Lipinski definition) is 0. The van der Waals surface area contributed by atoms with Gasteiger partial charge in [0.2, 0.25) is 5.91 Å². The van der Waals surface area contributed by atoms with E-state index in [1.165, 1.54) is 18.2 Å². The van der Waals surface area contributed by atoms with E-state index in [9.17, 15) is 13.6 Å². The second-order valence-corrected chi connectivity index (χ2v) is 6.60. The van der Waals surface area contributed by atoms with Gasteiger partial charge in [-0.1, -0.05) is 42.4 Å². The summed E-state index contributed by atoms with van der Waals surface area (Å²) in [7, 11) is 0. The predicted octanol–water partition coefficient (Wildman–Crippen LogP) is 4.29. The van der Waals surface area contributed by atoms with Crippen LogP contribution in [0.15, 0.2) is 53.7 Å². The highest BCUT2D eigenvalue weighted by atomic mass is 19.1. The summed E-state index contributed by atoms with van der Waals surface area (Å²) in [6, 6.07) is 12.5. The molecule has 1 aliphatic rings. The van der Waals surface area contributed by atoms with Gasteiger partial charge >= 0.3 is 0 Å². The molecule has 2 aromatic carbocycles. The molecule has 2 aromatic rings. The molecule has 27 heavy (non-hydrogen) atoms. The van der Waals surface area contributed by atoms with E-state index in [-0.39, 0.29) is 23.6 Å². The summed E-state index contributed by atoms with van der Waals surface area (Å²) in [4.78, 5) is 19.7. The molecule has 4 nitrogen and oxygen atoms in total. The van der Waals surface area contributed by atoms with Crippen LogP contribution in [0.1, 0.15) is 37.3 Å². The lowest BCUT2D eigenvalue weighted by molar-refractivity contribution is -0.133. The van der Waals surface area contributed by atoms with Crippen molar-refractivity contribution in [1.82, 2.24) is 4.90 Å². The topological polar surface area (TPSA) is 41.9 Å². The van der Waals surface area contributed by atoms with Crippen molar-refractivity contribution in [3.8, 4) is 0 Å². The van der Waals surface area contributed by atoms with Gasteiger partial charge in [-0.05, 0) is 30.2 Å². The number of rotatable bonds is 7. The van der Waals surface area contributed by atoms with Gasteiger partial charge in [-0.25, -0.2) is 8.78 Å². The minimum absolute atomic E-state index is 0.00441. The zero-order valence-electron chi connectivity index (χ0n) is 15.2. The van der Waals surface area contributed by atoms with Gasteiger partial charge in [-0.15, -0.1) is 0 Å². The van der Waals surface area contributed by atoms with Gasteiger partial charge in [-0.2, -0.15) is 0 Å². The van der Waals surface area contributed by atoms with Gasteiger partial charge in [0.25, 0.3) is 0 Å². The van der Waals surface area contributed by atoms with E-state index in [1.54, 1.807) is 35.2 Å². The number of oxime groups is 1. The van der Waals surface area contributed by atoms with Crippen molar-refractivity contribution >= 4 is 11.6 Å². The molecule has 1 aliphatic heterocycles. The first-order valence-corrected chi connectivity index (χ1v) is 9.06. The van der Waals surface area contributed by atoms with Gasteiger partial charge < -0.3 is 9.74 Å². The minimum atomic E-state index is -0.342. The molecular weight excluding hydrogens is 350 g/mol. The van der Waals surface area contributed by atoms with Crippen molar-refractivity contribution in [1.29, 1.82) is 0 Å². The average molecular weight is 372 g/mol. The molecule has 0 fully saturated rings. The molecule has 0 aliphatic carbocycles. The zero-order valence-corrected chi connectivity index (χ0v) is 15.2. The highest BCUT2D eigenvalue weighted by Crippen LogP contribution is 2.21. The third-order valence-electron chi connectivity index (χ3n) is 4.45. The first kappa shape index (κ1) is 19.0. The van der Waals surface area contributed by atoms with Crippen molar-refractivity contribution in [2.24, 2.45) is 5.16 Å². The Hall–Kier alpha value is -2.76. The van der Waals surface area contributed by atoms with Gasteiger partial charge in [-0.3, -0.25) is 4.79 Å². The maximum atomic E-state index is 13.9. The maximum Gasteiger partial charge on any atom is 0.222 e. The molecule has 0 saturated heterocycles. The van der Waals surface area contributed by atoms with E-state index in [0.29, 0.717) is 37.2 Å². The van der Waals surface area contributed by atoms with Crippen LogP contribution in [0, 0.1) is 11.6 Å². The van der Waals surface area contributed by atoms with Crippen molar-refractivity contribution < 1.29 is 18.4 Å². The number of nitrogens with zero attached hydrogens (tertiary/aromatic N) is 2. The normalized spacial score (nSPS) is 16.0. The Balaban J connectivity index is 1.67. The van der Waals surface area contributed by atoms with Crippen LogP contribution in [-0.4, -0.2) is 29.2 Å². The fraction of sp³-hybridized carbons (Fsp3) is 0.333. The molecule has 1 atom stereocenters. The highest BCUT2D eigenvalue weighted by Gasteiger charge is 2.27. The lowest BCUT2D eigenvalue weighted by Crippen LogP contribution is -2.37. The highest BCUT2D eigenvalue weighted by molar-refractivity contribution is 6.01. The van der Waals surface area contributed by atoms with E-state index in [0.717, 1.165) is 12.0 Å². The number of hydrogen-bond acceptors (Lipinski definition) is 3. The predicted molar refractivity (Wildman–Crippen MR) is 99.2 cm³/mol. The lowest BCUT2D eigenvalue weighted by Gasteiger charge is -2.25. The fourth-order valence-electron chi connectivity index (χ4n) is 3.06. The third-order valence-corrected chi connectivity index (χ3v) is 4.45. The number of amides is 1. The van der Waals surface area contributed by atoms with Crippen LogP contribution >= 0.6 is 0 Å². The van der Waals surface area contributed by atoms with Gasteiger partial charge in [0, 0.05) is 24.9 Å². The standard InChI is InChI=1S/C21H22F2N2O2/c1-2-5-21(26)25(13-15-8-10-16(22)11-9-15)14-17-12-20(24-27-17)18-6-3-4-7-19(18)23/h3-4,6-11,17H,2,5,12-14H2,1H3. The Morgan fingerprint density at radius 1 is 1.19 bits per heavy atom. The largest absolute Gasteiger partial charge is 0.390 e. The van der Waals surface area contributed by atoms with Crippen LogP contribution in [0.4, 0.5) is 8.78 Å². The third kappa shape index (κ3) is 4.90. The molecule has 0 bridgehead atoms. The van der Waals surface area contributed by atoms with Crippen LogP contribution in [0.3, 0.4) is 0 Å². The molecular formula is C21H22F2N2O2. The summed E-state index contributed by atoms with van der Waals surface area (Å²) in [5.41, 5.74) is 1.81. The van der Waals surface area contributed by atoms with Crippen LogP contribution in [0.25, 0.3) is 0 Å². The fourth-order valence-corrected chi connectivity index (χ4v) is 3.06. The molecule has 0 saturated carbocycles. The number of benzene rings is 2. The van der Waals surface area contributed by atoms with Crippen LogP contribution in [-0.2, 0) is 16.2 Å². The zero-order chi connectivity index (χ0) is 19.2. The SMILES string of the molecule is CCCC(=O)N(Cc1ccc(F)cc1)CC1CC(c2ccccc2F)=NO1. The molecule has 0 radical (unpaired) electrons. The Morgan fingerprint density at radius 3 is 2.63 bits per heavy atom. The van der Waals surface area contributed by atoms with Gasteiger partial charge in [0.1, 0.15) is 11.6 Å². The molecule has 1 unspecified atom stereocenters. The molecule has 0 aromatic heterocycles. The lowest BCUT2D eigenvalue weighted by atomic mass is 10.0. The van der Waals surface area contributed by atoms with E-state index >= 15 is 0 Å². The summed E-state index contributed by atoms with van der Waals surface area (Å²) >= 11 is 0. The van der Waals surface area contributed by atoms with E-state index in [1.807, 2.05) is 6.92 Å². The number of halogens is 2. The average Bonchev–Trinajstić information content (AvgIpc) is 3.12. The molecule has 0 N–H and O–H groups in total. The molecule has 142 valence electrons. The monoisotopic (exact) mass is 372 g/mol. The summed E-state index contributed by atoms with van der Waals surface area (Å²) in [6.45, 7) is 2.66. The smallest absolute Gasteiger partial charge is 0.222 e. The molecule has 1 amide bonds. The molecule has 6 heteroatoms. The number of carbonyl (C=O) groups excluding carboxylic acids is 1. The van der Waals surface area contributed by atoms with Crippen molar-refractivity contribution in [2.75, 3.05) is 6.54 Å². The first-order chi connectivity index (χ1) is 13.1. The van der Waals surface area contributed by atoms with E-state index < -0.39 is 0 Å². The Bertz CT molecular complexity index is 821. The van der Waals surface area contributed by atoms with Crippen LogP contribution in [0.5, 0.6) is 0 Å². The second kappa shape index (κ2) is 8.75. The Morgan fingerprint density at radius 2 is 1.93 bits per heavy atom. The first-order valence-electron chi connectivity index (χ1n) is 9.06. The number of carbonyl (C=O) groups is 1. The summed E-state index contributed by atoms with van der Waals surface area (Å²) < 4.78 is 27.1. The Kier molecular flexibility index (Phi) is 6.16. The molecule has 0 spiro atoms. The Labute approximate surface area is 157 Å². The van der Waals surface area contributed by atoms with E-state index in [2.05, 4.69) is 5.16 Å². The van der Waals surface area contributed by atoms with E-state index in [4.69, 9.17) is 4.84 Å². The van der Waals surface area contributed by atoms with Crippen molar-refractivity contribution in [2.45, 2.75) is 38.8 Å². The summed E-state index contributed by atoms with van der Waals surface area (Å²) in [5, 5.41) is 4.01. The minimum Gasteiger partial charge on any atom is -0.390 e. The van der Waals surface area contributed by atoms with Gasteiger partial charge in [0.15, 0.2) is 6.10 Å². The maximum absolute atomic E-state index is 13.9. The summed E-state index contributed by atoms with van der Waals surface area (Å²) in [6.07, 6.45) is 1.26. The van der Waals surface area contributed by atoms with Crippen molar-refractivity contribution in [3.63, 3.8) is 0 Å². The van der Waals surface area contributed by atoms with Crippen LogP contribution in [0.2, 0.25) is 0 Å². The molecule has 3 rings (SSSR count). The second-order valence-electron chi connectivity index (χ2n) is 6.60. The summed E-state index contributed by atoms with van der Waals surface area (Å²) in [5.74, 6) is -0.650. The molecule has 1 heterocycles. The van der Waals surface area contributed by atoms with Gasteiger partial charge in [0.05, 0.1) is 12.3 Å². The van der Waals surface area contributed by atoms with Crippen molar-refractivity contribution in [3.05, 3.63) is 71.3 Å². The van der Waals surface area contributed by atoms with Crippen LogP contribution < -0.4 is 0 Å². The quantitative estimate of drug-likeness (QED) is 0.728.